The molecule has 3 rings (SSSR count). The van der Waals surface area contributed by atoms with Gasteiger partial charge in [0, 0.05) is 16.4 Å². The predicted molar refractivity (Wildman–Crippen MR) is 123 cm³/mol. The molecule has 0 amide bonds. The molecule has 3 aromatic rings. The molecule has 2 aromatic carbocycles. The number of carbonyl (C=O) groups excluding carboxylic acids is 1. The highest BCUT2D eigenvalue weighted by Crippen LogP contribution is 2.33. The van der Waals surface area contributed by atoms with Crippen LogP contribution in [0.4, 0.5) is 28.7 Å². The molecule has 0 unspecified atom stereocenters. The van der Waals surface area contributed by atoms with Crippen molar-refractivity contribution in [3.8, 4) is 0 Å². The summed E-state index contributed by atoms with van der Waals surface area (Å²) in [5, 5.41) is 18.1. The molecule has 2 N–H and O–H groups in total. The number of rotatable bonds is 8. The predicted octanol–water partition coefficient (Wildman–Crippen LogP) is 5.65. The summed E-state index contributed by atoms with van der Waals surface area (Å²) in [6, 6.07) is 11.6. The number of aryl methyl sites for hydroxylation is 1. The molecule has 0 atom stereocenters. The fraction of sp³-hybridized carbons (Fsp3) is 0.227. The first kappa shape index (κ1) is 23.0. The smallest absolute Gasteiger partial charge is 0.353 e. The summed E-state index contributed by atoms with van der Waals surface area (Å²) >= 11 is 6.14. The van der Waals surface area contributed by atoms with Crippen LogP contribution in [0, 0.1) is 23.0 Å². The van der Waals surface area contributed by atoms with Crippen LogP contribution in [-0.4, -0.2) is 27.5 Å². The highest BCUT2D eigenvalue weighted by atomic mass is 35.5. The quantitative estimate of drug-likeness (QED) is 0.254. The fourth-order valence-electron chi connectivity index (χ4n) is 2.69. The third-order valence-corrected chi connectivity index (χ3v) is 4.78. The second-order valence-corrected chi connectivity index (χ2v) is 7.87. The molecule has 0 radical (unpaired) electrons. The van der Waals surface area contributed by atoms with E-state index < -0.39 is 10.9 Å². The Balaban J connectivity index is 1.82. The number of aromatic nitrogens is 2. The maximum Gasteiger partial charge on any atom is 0.353 e. The van der Waals surface area contributed by atoms with Crippen molar-refractivity contribution >= 4 is 46.3 Å². The van der Waals surface area contributed by atoms with Gasteiger partial charge in [-0.15, -0.1) is 0 Å². The molecule has 9 nitrogen and oxygen atoms in total. The normalized spacial score (nSPS) is 10.7. The van der Waals surface area contributed by atoms with Gasteiger partial charge in [-0.1, -0.05) is 31.5 Å². The molecule has 0 fully saturated rings. The van der Waals surface area contributed by atoms with Gasteiger partial charge in [-0.2, -0.15) is 0 Å². The third kappa shape index (κ3) is 5.70. The Hall–Kier alpha value is -3.72. The van der Waals surface area contributed by atoms with Gasteiger partial charge in [-0.3, -0.25) is 10.1 Å². The Labute approximate surface area is 190 Å². The van der Waals surface area contributed by atoms with Crippen LogP contribution in [0.1, 0.15) is 29.8 Å². The van der Waals surface area contributed by atoms with E-state index in [1.807, 2.05) is 20.8 Å². The highest BCUT2D eigenvalue weighted by Gasteiger charge is 2.23. The first-order valence-corrected chi connectivity index (χ1v) is 10.2. The van der Waals surface area contributed by atoms with Gasteiger partial charge in [0.15, 0.2) is 0 Å². The monoisotopic (exact) mass is 455 g/mol. The zero-order chi connectivity index (χ0) is 23.3. The molecule has 0 saturated carbocycles. The van der Waals surface area contributed by atoms with Crippen molar-refractivity contribution in [3.05, 3.63) is 75.1 Å². The van der Waals surface area contributed by atoms with E-state index in [9.17, 15) is 14.9 Å². The molecule has 0 bridgehead atoms. The van der Waals surface area contributed by atoms with E-state index in [4.69, 9.17) is 16.3 Å². The summed E-state index contributed by atoms with van der Waals surface area (Å²) in [4.78, 5) is 31.3. The van der Waals surface area contributed by atoms with Crippen LogP contribution in [-0.2, 0) is 4.74 Å². The topological polar surface area (TPSA) is 119 Å². The highest BCUT2D eigenvalue weighted by molar-refractivity contribution is 6.31. The van der Waals surface area contributed by atoms with Gasteiger partial charge in [0.05, 0.1) is 17.1 Å². The first-order chi connectivity index (χ1) is 15.2. The summed E-state index contributed by atoms with van der Waals surface area (Å²) in [5.74, 6) is -0.180. The number of hydrogen-bond acceptors (Lipinski definition) is 8. The van der Waals surface area contributed by atoms with Crippen molar-refractivity contribution < 1.29 is 14.5 Å². The summed E-state index contributed by atoms with van der Waals surface area (Å²) in [5.41, 5.74) is 2.00. The number of benzene rings is 2. The van der Waals surface area contributed by atoms with E-state index >= 15 is 0 Å². The number of hydrogen-bond donors (Lipinski definition) is 2. The zero-order valence-corrected chi connectivity index (χ0v) is 18.5. The minimum atomic E-state index is -0.571. The van der Waals surface area contributed by atoms with Gasteiger partial charge in [0.25, 0.3) is 0 Å². The molecule has 32 heavy (non-hydrogen) atoms. The second-order valence-electron chi connectivity index (χ2n) is 7.46. The number of nitro groups is 1. The maximum absolute atomic E-state index is 12.1. The number of carbonyl (C=O) groups is 1. The minimum absolute atomic E-state index is 0.000780. The largest absolute Gasteiger partial charge is 0.462 e. The fourth-order valence-corrected chi connectivity index (χ4v) is 2.87. The Morgan fingerprint density at radius 1 is 1.09 bits per heavy atom. The van der Waals surface area contributed by atoms with Crippen molar-refractivity contribution in [2.24, 2.45) is 5.92 Å². The van der Waals surface area contributed by atoms with Crippen LogP contribution in [0.3, 0.4) is 0 Å². The van der Waals surface area contributed by atoms with Gasteiger partial charge in [-0.05, 0) is 54.8 Å². The second kappa shape index (κ2) is 10.1. The van der Waals surface area contributed by atoms with E-state index in [1.54, 1.807) is 42.5 Å². The molecule has 10 heteroatoms. The molecule has 0 aliphatic carbocycles. The summed E-state index contributed by atoms with van der Waals surface area (Å²) in [6.07, 6.45) is 1.21. The maximum atomic E-state index is 12.1. The van der Waals surface area contributed by atoms with Crippen LogP contribution in [0.2, 0.25) is 5.02 Å². The molecule has 0 aliphatic heterocycles. The van der Waals surface area contributed by atoms with Gasteiger partial charge in [0.2, 0.25) is 11.6 Å². The summed E-state index contributed by atoms with van der Waals surface area (Å²) < 4.78 is 5.20. The Morgan fingerprint density at radius 3 is 2.25 bits per heavy atom. The number of ether oxygens (including phenoxy) is 1. The Bertz CT molecular complexity index is 1140. The molecule has 0 aliphatic rings. The number of nitrogens with one attached hydrogen (secondary N) is 2. The van der Waals surface area contributed by atoms with Crippen LogP contribution in [0.25, 0.3) is 0 Å². The van der Waals surface area contributed by atoms with Crippen LogP contribution in [0.15, 0.2) is 48.8 Å². The van der Waals surface area contributed by atoms with Crippen LogP contribution in [0.5, 0.6) is 0 Å². The third-order valence-electron chi connectivity index (χ3n) is 4.37. The van der Waals surface area contributed by atoms with Gasteiger partial charge in [-0.25, -0.2) is 14.8 Å². The summed E-state index contributed by atoms with van der Waals surface area (Å²) in [7, 11) is 0. The van der Waals surface area contributed by atoms with Crippen molar-refractivity contribution in [2.45, 2.75) is 20.8 Å². The lowest BCUT2D eigenvalue weighted by molar-refractivity contribution is -0.383. The van der Waals surface area contributed by atoms with E-state index in [2.05, 4.69) is 20.6 Å². The average molecular weight is 456 g/mol. The molecular formula is C22H22ClN5O4. The van der Waals surface area contributed by atoms with E-state index in [-0.39, 0.29) is 23.2 Å². The number of esters is 1. The zero-order valence-electron chi connectivity index (χ0n) is 17.8. The van der Waals surface area contributed by atoms with E-state index in [0.717, 1.165) is 5.56 Å². The van der Waals surface area contributed by atoms with Crippen LogP contribution >= 0.6 is 11.6 Å². The van der Waals surface area contributed by atoms with E-state index in [1.165, 1.54) is 6.33 Å². The number of anilines is 4. The Morgan fingerprint density at radius 2 is 1.69 bits per heavy atom. The standard InChI is InChI=1S/C22H22ClN5O4/c1-13(2)11-32-22(29)15-5-8-16(9-6-15)26-20-19(28(30)31)21(25-12-24-20)27-17-7-4-14(3)18(23)10-17/h4-10,12-13H,11H2,1-3H3,(H2,24,25,26,27). The van der Waals surface area contributed by atoms with Crippen molar-refractivity contribution in [1.29, 1.82) is 0 Å². The van der Waals surface area contributed by atoms with Crippen molar-refractivity contribution in [2.75, 3.05) is 17.2 Å². The lowest BCUT2D eigenvalue weighted by Gasteiger charge is -2.11. The SMILES string of the molecule is Cc1ccc(Nc2ncnc(Nc3ccc(C(=O)OCC(C)C)cc3)c2[N+](=O)[O-])cc1Cl. The minimum Gasteiger partial charge on any atom is -0.462 e. The lowest BCUT2D eigenvalue weighted by Crippen LogP contribution is -2.10. The van der Waals surface area contributed by atoms with Crippen LogP contribution < -0.4 is 10.6 Å². The number of halogens is 1. The van der Waals surface area contributed by atoms with Crippen molar-refractivity contribution in [3.63, 3.8) is 0 Å². The Kier molecular flexibility index (Phi) is 7.21. The summed E-state index contributed by atoms with van der Waals surface area (Å²) in [6.45, 7) is 6.08. The number of nitrogens with zero attached hydrogens (tertiary/aromatic N) is 3. The molecular weight excluding hydrogens is 434 g/mol. The van der Waals surface area contributed by atoms with Gasteiger partial charge in [0.1, 0.15) is 6.33 Å². The molecule has 1 aromatic heterocycles. The lowest BCUT2D eigenvalue weighted by atomic mass is 10.2. The average Bonchev–Trinajstić information content (AvgIpc) is 2.75. The van der Waals surface area contributed by atoms with Gasteiger partial charge < -0.3 is 15.4 Å². The first-order valence-electron chi connectivity index (χ1n) is 9.81. The van der Waals surface area contributed by atoms with Gasteiger partial charge >= 0.3 is 11.7 Å². The van der Waals surface area contributed by atoms with E-state index in [0.29, 0.717) is 28.6 Å². The van der Waals surface area contributed by atoms with Crippen molar-refractivity contribution in [1.82, 2.24) is 9.97 Å². The molecule has 0 saturated heterocycles. The molecule has 1 heterocycles. The molecule has 166 valence electrons. The molecule has 0 spiro atoms.